The van der Waals surface area contributed by atoms with Gasteiger partial charge in [-0.3, -0.25) is 9.59 Å². The molecule has 176 valence electrons. The van der Waals surface area contributed by atoms with Gasteiger partial charge in [0, 0.05) is 45.7 Å². The molecule has 0 atom stereocenters. The van der Waals surface area contributed by atoms with Crippen molar-refractivity contribution in [3.63, 3.8) is 0 Å². The van der Waals surface area contributed by atoms with Gasteiger partial charge in [-0.05, 0) is 49.1 Å². The molecule has 9 heteroatoms. The summed E-state index contributed by atoms with van der Waals surface area (Å²) in [7, 11) is -3.43. The minimum absolute atomic E-state index is 0.0124. The molecule has 0 aromatic heterocycles. The van der Waals surface area contributed by atoms with E-state index >= 15 is 0 Å². The normalized spacial score (nSPS) is 17.3. The highest BCUT2D eigenvalue weighted by molar-refractivity contribution is 7.89. The highest BCUT2D eigenvalue weighted by Crippen LogP contribution is 2.22. The van der Waals surface area contributed by atoms with E-state index in [0.717, 1.165) is 18.4 Å². The Balaban J connectivity index is 1.27. The molecule has 2 aliphatic heterocycles. The van der Waals surface area contributed by atoms with Crippen LogP contribution in [0.4, 0.5) is 0 Å². The lowest BCUT2D eigenvalue weighted by atomic mass is 10.1. The van der Waals surface area contributed by atoms with Crippen molar-refractivity contribution >= 4 is 21.8 Å². The first-order chi connectivity index (χ1) is 15.9. The molecule has 8 nitrogen and oxygen atoms in total. The zero-order valence-electron chi connectivity index (χ0n) is 18.5. The van der Waals surface area contributed by atoms with E-state index in [9.17, 15) is 23.1 Å². The van der Waals surface area contributed by atoms with Crippen LogP contribution in [0, 0.1) is 0 Å². The minimum Gasteiger partial charge on any atom is -0.507 e. The third-order valence-electron chi connectivity index (χ3n) is 6.31. The second-order valence-electron chi connectivity index (χ2n) is 8.45. The van der Waals surface area contributed by atoms with E-state index in [4.69, 9.17) is 0 Å². The lowest BCUT2D eigenvalue weighted by molar-refractivity contribution is -0.132. The molecule has 33 heavy (non-hydrogen) atoms. The third-order valence-corrected chi connectivity index (χ3v) is 8.22. The molecule has 2 fully saturated rings. The summed E-state index contributed by atoms with van der Waals surface area (Å²) in [6, 6.07) is 13.3. The molecular formula is C24H29N3O5S. The van der Waals surface area contributed by atoms with E-state index in [1.807, 2.05) is 0 Å². The Morgan fingerprint density at radius 2 is 1.42 bits per heavy atom. The number of hydrogen-bond donors (Lipinski definition) is 1. The molecule has 0 saturated carbocycles. The fourth-order valence-corrected chi connectivity index (χ4v) is 5.82. The maximum atomic E-state index is 12.7. The Bertz CT molecular complexity index is 1100. The van der Waals surface area contributed by atoms with E-state index in [1.165, 1.54) is 10.4 Å². The number of rotatable bonds is 6. The Kier molecular flexibility index (Phi) is 6.99. The summed E-state index contributed by atoms with van der Waals surface area (Å²) in [5.41, 5.74) is 1.18. The number of phenols is 1. The molecule has 0 spiro atoms. The summed E-state index contributed by atoms with van der Waals surface area (Å²) in [4.78, 5) is 29.0. The maximum absolute atomic E-state index is 12.7. The van der Waals surface area contributed by atoms with Gasteiger partial charge in [0.2, 0.25) is 15.9 Å². The number of piperazine rings is 1. The third kappa shape index (κ3) is 5.20. The fraction of sp³-hybridized carbons (Fsp3) is 0.417. The summed E-state index contributed by atoms with van der Waals surface area (Å²) < 4.78 is 26.8. The molecule has 2 aliphatic rings. The number of phenolic OH excluding ortho intramolecular Hbond substituents is 1. The maximum Gasteiger partial charge on any atom is 0.257 e. The highest BCUT2D eigenvalue weighted by atomic mass is 32.2. The molecule has 0 radical (unpaired) electrons. The van der Waals surface area contributed by atoms with Crippen LogP contribution in [-0.4, -0.2) is 78.7 Å². The van der Waals surface area contributed by atoms with Crippen molar-refractivity contribution in [1.29, 1.82) is 0 Å². The predicted octanol–water partition coefficient (Wildman–Crippen LogP) is 2.09. The van der Waals surface area contributed by atoms with Crippen LogP contribution >= 0.6 is 0 Å². The molecule has 2 aromatic rings. The molecule has 2 heterocycles. The average Bonchev–Trinajstić information content (AvgIpc) is 3.39. The molecule has 2 amide bonds. The number of carbonyl (C=O) groups is 2. The Labute approximate surface area is 194 Å². The topological polar surface area (TPSA) is 98.2 Å². The molecule has 4 rings (SSSR count). The summed E-state index contributed by atoms with van der Waals surface area (Å²) in [6.07, 6.45) is 2.65. The first kappa shape index (κ1) is 23.3. The second-order valence-corrected chi connectivity index (χ2v) is 10.4. The van der Waals surface area contributed by atoms with Crippen molar-refractivity contribution < 1.29 is 23.1 Å². The predicted molar refractivity (Wildman–Crippen MR) is 123 cm³/mol. The van der Waals surface area contributed by atoms with Gasteiger partial charge < -0.3 is 14.9 Å². The molecular weight excluding hydrogens is 442 g/mol. The summed E-state index contributed by atoms with van der Waals surface area (Å²) in [5, 5.41) is 9.90. The van der Waals surface area contributed by atoms with Gasteiger partial charge in [0.1, 0.15) is 5.75 Å². The zero-order chi connectivity index (χ0) is 23.4. The first-order valence-corrected chi connectivity index (χ1v) is 12.7. The van der Waals surface area contributed by atoms with E-state index in [-0.39, 0.29) is 23.1 Å². The highest BCUT2D eigenvalue weighted by Gasteiger charge is 2.28. The van der Waals surface area contributed by atoms with Crippen LogP contribution in [-0.2, 0) is 21.2 Å². The SMILES string of the molecule is O=C(CCc1ccc(S(=O)(=O)N2CCCC2)cc1)N1CCN(C(=O)c2ccccc2O)CC1. The van der Waals surface area contributed by atoms with Gasteiger partial charge in [0.25, 0.3) is 5.91 Å². The number of carbonyl (C=O) groups excluding carboxylic acids is 2. The molecule has 2 saturated heterocycles. The van der Waals surface area contributed by atoms with Crippen LogP contribution in [0.2, 0.25) is 0 Å². The standard InChI is InChI=1S/C24H29N3O5S/c28-22-6-2-1-5-21(22)24(30)26-17-15-25(16-18-26)23(29)12-9-19-7-10-20(11-8-19)33(31,32)27-13-3-4-14-27/h1-2,5-8,10-11,28H,3-4,9,12-18H2. The van der Waals surface area contributed by atoms with Crippen molar-refractivity contribution in [1.82, 2.24) is 14.1 Å². The Morgan fingerprint density at radius 3 is 2.06 bits per heavy atom. The van der Waals surface area contributed by atoms with Gasteiger partial charge in [-0.2, -0.15) is 4.31 Å². The number of para-hydroxylation sites is 1. The Hall–Kier alpha value is -2.91. The molecule has 1 N–H and O–H groups in total. The molecule has 0 aliphatic carbocycles. The number of hydrogen-bond acceptors (Lipinski definition) is 5. The van der Waals surface area contributed by atoms with Crippen LogP contribution in [0.5, 0.6) is 5.75 Å². The van der Waals surface area contributed by atoms with Gasteiger partial charge >= 0.3 is 0 Å². The van der Waals surface area contributed by atoms with Crippen LogP contribution < -0.4 is 0 Å². The van der Waals surface area contributed by atoms with Gasteiger partial charge in [0.15, 0.2) is 0 Å². The molecule has 2 aromatic carbocycles. The molecule has 0 bridgehead atoms. The van der Waals surface area contributed by atoms with Crippen molar-refractivity contribution in [3.05, 3.63) is 59.7 Å². The Morgan fingerprint density at radius 1 is 0.818 bits per heavy atom. The van der Waals surface area contributed by atoms with Crippen LogP contribution in [0.25, 0.3) is 0 Å². The van der Waals surface area contributed by atoms with E-state index < -0.39 is 10.0 Å². The fourth-order valence-electron chi connectivity index (χ4n) is 4.30. The molecule has 0 unspecified atom stereocenters. The second kappa shape index (κ2) is 9.93. The lowest BCUT2D eigenvalue weighted by Gasteiger charge is -2.35. The van der Waals surface area contributed by atoms with Crippen molar-refractivity contribution in [2.45, 2.75) is 30.6 Å². The van der Waals surface area contributed by atoms with Crippen LogP contribution in [0.1, 0.15) is 35.2 Å². The minimum atomic E-state index is -3.43. The van der Waals surface area contributed by atoms with Crippen molar-refractivity contribution in [2.75, 3.05) is 39.3 Å². The zero-order valence-corrected chi connectivity index (χ0v) is 19.3. The van der Waals surface area contributed by atoms with Crippen molar-refractivity contribution in [3.8, 4) is 5.75 Å². The summed E-state index contributed by atoms with van der Waals surface area (Å²) >= 11 is 0. The van der Waals surface area contributed by atoms with Gasteiger partial charge in [-0.25, -0.2) is 8.42 Å². The van der Waals surface area contributed by atoms with Gasteiger partial charge in [-0.1, -0.05) is 24.3 Å². The lowest BCUT2D eigenvalue weighted by Crippen LogP contribution is -2.50. The van der Waals surface area contributed by atoms with Crippen LogP contribution in [0.15, 0.2) is 53.4 Å². The average molecular weight is 472 g/mol. The van der Waals surface area contributed by atoms with Gasteiger partial charge in [0.05, 0.1) is 10.5 Å². The number of aromatic hydroxyl groups is 1. The number of amides is 2. The summed E-state index contributed by atoms with van der Waals surface area (Å²) in [6.45, 7) is 2.88. The smallest absolute Gasteiger partial charge is 0.257 e. The number of sulfonamides is 1. The van der Waals surface area contributed by atoms with E-state index in [2.05, 4.69) is 0 Å². The quantitative estimate of drug-likeness (QED) is 0.696. The number of benzene rings is 2. The number of nitrogens with zero attached hydrogens (tertiary/aromatic N) is 3. The first-order valence-electron chi connectivity index (χ1n) is 11.3. The monoisotopic (exact) mass is 471 g/mol. The van der Waals surface area contributed by atoms with E-state index in [0.29, 0.717) is 57.0 Å². The van der Waals surface area contributed by atoms with Crippen molar-refractivity contribution in [2.24, 2.45) is 0 Å². The van der Waals surface area contributed by atoms with Gasteiger partial charge in [-0.15, -0.1) is 0 Å². The van der Waals surface area contributed by atoms with E-state index in [1.54, 1.807) is 52.3 Å². The largest absolute Gasteiger partial charge is 0.507 e. The summed E-state index contributed by atoms with van der Waals surface area (Å²) in [5.74, 6) is -0.261. The number of aryl methyl sites for hydroxylation is 1. The van der Waals surface area contributed by atoms with Crippen LogP contribution in [0.3, 0.4) is 0 Å².